The van der Waals surface area contributed by atoms with Gasteiger partial charge in [0, 0.05) is 13.1 Å². The van der Waals surface area contributed by atoms with Gasteiger partial charge in [-0.2, -0.15) is 10.4 Å². The van der Waals surface area contributed by atoms with Crippen molar-refractivity contribution in [3.8, 4) is 6.07 Å². The van der Waals surface area contributed by atoms with Crippen LogP contribution < -0.4 is 5.11 Å². The summed E-state index contributed by atoms with van der Waals surface area (Å²) in [6.07, 6.45) is -6.47. The van der Waals surface area contributed by atoms with Crippen molar-refractivity contribution in [2.24, 2.45) is 5.41 Å². The molecule has 0 unspecified atom stereocenters. The summed E-state index contributed by atoms with van der Waals surface area (Å²) >= 11 is 0. The predicted octanol–water partition coefficient (Wildman–Crippen LogP) is 0.641. The molecule has 1 aromatic rings. The zero-order valence-corrected chi connectivity index (χ0v) is 12.8. The highest BCUT2D eigenvalue weighted by Gasteiger charge is 2.37. The average Bonchev–Trinajstić information content (AvgIpc) is 2.99. The fourth-order valence-corrected chi connectivity index (χ4v) is 2.59. The molecule has 1 saturated heterocycles. The Morgan fingerprint density at radius 3 is 2.32 bits per heavy atom. The highest BCUT2D eigenvalue weighted by molar-refractivity contribution is 5.79. The van der Waals surface area contributed by atoms with Crippen LogP contribution in [0.15, 0.2) is 6.07 Å². The Labute approximate surface area is 139 Å². The highest BCUT2D eigenvalue weighted by Crippen LogP contribution is 2.30. The van der Waals surface area contributed by atoms with Gasteiger partial charge in [0.05, 0.1) is 17.5 Å². The first-order valence-electron chi connectivity index (χ1n) is 7.24. The quantitative estimate of drug-likeness (QED) is 0.716. The van der Waals surface area contributed by atoms with Gasteiger partial charge in [-0.3, -0.25) is 9.48 Å². The van der Waals surface area contributed by atoms with Gasteiger partial charge < -0.3 is 14.8 Å². The first-order valence-corrected chi connectivity index (χ1v) is 7.24. The lowest BCUT2D eigenvalue weighted by atomic mass is 9.80. The molecular weight excluding hydrogens is 348 g/mol. The zero-order chi connectivity index (χ0) is 18.8. The van der Waals surface area contributed by atoms with E-state index in [1.807, 2.05) is 0 Å². The molecule has 0 bridgehead atoms. The number of carbonyl (C=O) groups is 2. The van der Waals surface area contributed by atoms with Crippen LogP contribution in [0.25, 0.3) is 0 Å². The van der Waals surface area contributed by atoms with Gasteiger partial charge in [-0.15, -0.1) is 0 Å². The smallest absolute Gasteiger partial charge is 0.282 e. The number of carbonyl (C=O) groups excluding carboxylic acids is 2. The number of nitrogens with zero attached hydrogens (tertiary/aromatic N) is 4. The van der Waals surface area contributed by atoms with Crippen LogP contribution in [0.2, 0.25) is 0 Å². The standard InChI is InChI=1S/C14H14F4N4O3/c15-11(16)8-5-9(12(17)18)22(20-8)6-10(23)21-3-1-14(7-19,2-4-21)13(24)25/h5,11-12H,1-4,6H2,(H,24,25)/p-1. The van der Waals surface area contributed by atoms with E-state index in [0.717, 1.165) is 0 Å². The average molecular weight is 361 g/mol. The topological polar surface area (TPSA) is 102 Å². The van der Waals surface area contributed by atoms with Crippen molar-refractivity contribution in [1.82, 2.24) is 14.7 Å². The van der Waals surface area contributed by atoms with E-state index in [2.05, 4.69) is 5.10 Å². The second-order valence-corrected chi connectivity index (χ2v) is 5.62. The minimum Gasteiger partial charge on any atom is -0.548 e. The van der Waals surface area contributed by atoms with Gasteiger partial charge in [0.1, 0.15) is 17.9 Å². The molecule has 136 valence electrons. The Hall–Kier alpha value is -2.64. The van der Waals surface area contributed by atoms with Crippen LogP contribution in [-0.4, -0.2) is 39.6 Å². The molecule has 0 atom stereocenters. The number of halogens is 4. The Balaban J connectivity index is 2.09. The molecule has 0 spiro atoms. The largest absolute Gasteiger partial charge is 0.548 e. The van der Waals surface area contributed by atoms with E-state index < -0.39 is 48.1 Å². The van der Waals surface area contributed by atoms with Crippen molar-refractivity contribution in [3.05, 3.63) is 17.5 Å². The minimum atomic E-state index is -3.08. The second-order valence-electron chi connectivity index (χ2n) is 5.62. The molecule has 1 aliphatic heterocycles. The number of amides is 1. The molecule has 11 heteroatoms. The van der Waals surface area contributed by atoms with Gasteiger partial charge in [-0.05, 0) is 18.9 Å². The highest BCUT2D eigenvalue weighted by atomic mass is 19.3. The zero-order valence-electron chi connectivity index (χ0n) is 12.8. The fourth-order valence-electron chi connectivity index (χ4n) is 2.59. The number of hydrogen-bond donors (Lipinski definition) is 0. The molecular formula is C14H13F4N4O3-. The summed E-state index contributed by atoms with van der Waals surface area (Å²) in [4.78, 5) is 24.4. The van der Waals surface area contributed by atoms with Crippen molar-refractivity contribution in [2.45, 2.75) is 32.2 Å². The lowest BCUT2D eigenvalue weighted by Gasteiger charge is -2.37. The molecule has 0 aromatic carbocycles. The number of carboxylic acid groups (broad SMARTS) is 1. The summed E-state index contributed by atoms with van der Waals surface area (Å²) in [5, 5.41) is 23.4. The summed E-state index contributed by atoms with van der Waals surface area (Å²) in [6.45, 7) is -0.863. The number of rotatable bonds is 5. The first-order chi connectivity index (χ1) is 11.7. The maximum Gasteiger partial charge on any atom is 0.282 e. The van der Waals surface area contributed by atoms with Crippen LogP contribution >= 0.6 is 0 Å². The summed E-state index contributed by atoms with van der Waals surface area (Å²) in [6, 6.07) is 2.20. The molecule has 1 aromatic heterocycles. The molecule has 2 heterocycles. The number of carboxylic acids is 1. The number of alkyl halides is 4. The number of aromatic nitrogens is 2. The van der Waals surface area contributed by atoms with Crippen LogP contribution in [-0.2, 0) is 16.1 Å². The molecule has 0 radical (unpaired) electrons. The normalized spacial score (nSPS) is 16.9. The van der Waals surface area contributed by atoms with Gasteiger partial charge in [0.15, 0.2) is 0 Å². The number of nitriles is 1. The SMILES string of the molecule is N#CC1(C(=O)[O-])CCN(C(=O)Cn2nc(C(F)F)cc2C(F)F)CC1. The van der Waals surface area contributed by atoms with Gasteiger partial charge in [-0.1, -0.05) is 0 Å². The van der Waals surface area contributed by atoms with E-state index in [1.165, 1.54) is 4.90 Å². The molecule has 0 aliphatic carbocycles. The molecule has 1 amide bonds. The summed E-state index contributed by atoms with van der Waals surface area (Å²) in [7, 11) is 0. The predicted molar refractivity (Wildman–Crippen MR) is 71.0 cm³/mol. The van der Waals surface area contributed by atoms with Gasteiger partial charge in [0.2, 0.25) is 5.91 Å². The molecule has 2 rings (SSSR count). The van der Waals surface area contributed by atoms with E-state index >= 15 is 0 Å². The maximum atomic E-state index is 12.9. The third-order valence-corrected chi connectivity index (χ3v) is 4.14. The summed E-state index contributed by atoms with van der Waals surface area (Å²) in [5.41, 5.74) is -3.36. The van der Waals surface area contributed by atoms with Crippen molar-refractivity contribution >= 4 is 11.9 Å². The Morgan fingerprint density at radius 2 is 1.88 bits per heavy atom. The molecule has 1 fully saturated rings. The van der Waals surface area contributed by atoms with Crippen molar-refractivity contribution in [3.63, 3.8) is 0 Å². The van der Waals surface area contributed by atoms with Crippen LogP contribution in [0.5, 0.6) is 0 Å². The fraction of sp³-hybridized carbons (Fsp3) is 0.571. The van der Waals surface area contributed by atoms with Crippen molar-refractivity contribution < 1.29 is 32.3 Å². The van der Waals surface area contributed by atoms with E-state index in [0.29, 0.717) is 10.7 Å². The van der Waals surface area contributed by atoms with Gasteiger partial charge in [-0.25, -0.2) is 17.6 Å². The van der Waals surface area contributed by atoms with Crippen molar-refractivity contribution in [2.75, 3.05) is 13.1 Å². The van der Waals surface area contributed by atoms with E-state index in [-0.39, 0.29) is 25.9 Å². The number of piperidine rings is 1. The Morgan fingerprint density at radius 1 is 1.28 bits per heavy atom. The lowest BCUT2D eigenvalue weighted by molar-refractivity contribution is -0.317. The third-order valence-electron chi connectivity index (χ3n) is 4.14. The molecule has 25 heavy (non-hydrogen) atoms. The number of likely N-dealkylation sites (tertiary alicyclic amines) is 1. The third kappa shape index (κ3) is 3.72. The minimum absolute atomic E-state index is 0.0899. The monoisotopic (exact) mass is 361 g/mol. The second kappa shape index (κ2) is 7.08. The lowest BCUT2D eigenvalue weighted by Crippen LogP contribution is -2.51. The number of aliphatic carboxylic acids is 1. The Kier molecular flexibility index (Phi) is 5.30. The summed E-state index contributed by atoms with van der Waals surface area (Å²) in [5.74, 6) is -2.22. The number of hydrogen-bond acceptors (Lipinski definition) is 5. The molecule has 0 N–H and O–H groups in total. The van der Waals surface area contributed by atoms with Crippen molar-refractivity contribution in [1.29, 1.82) is 5.26 Å². The first kappa shape index (κ1) is 18.7. The molecule has 1 aliphatic rings. The Bertz CT molecular complexity index is 705. The van der Waals surface area contributed by atoms with Crippen LogP contribution in [0, 0.1) is 16.7 Å². The van der Waals surface area contributed by atoms with Crippen LogP contribution in [0.3, 0.4) is 0 Å². The van der Waals surface area contributed by atoms with E-state index in [9.17, 15) is 32.3 Å². The molecule has 7 nitrogen and oxygen atoms in total. The van der Waals surface area contributed by atoms with Crippen LogP contribution in [0.4, 0.5) is 17.6 Å². The van der Waals surface area contributed by atoms with E-state index in [1.54, 1.807) is 6.07 Å². The van der Waals surface area contributed by atoms with Crippen LogP contribution in [0.1, 0.15) is 37.1 Å². The van der Waals surface area contributed by atoms with E-state index in [4.69, 9.17) is 5.26 Å². The molecule has 0 saturated carbocycles. The van der Waals surface area contributed by atoms with Gasteiger partial charge >= 0.3 is 0 Å². The summed E-state index contributed by atoms with van der Waals surface area (Å²) < 4.78 is 51.5. The van der Waals surface area contributed by atoms with Gasteiger partial charge in [0.25, 0.3) is 12.9 Å². The maximum absolute atomic E-state index is 12.9.